The zero-order chi connectivity index (χ0) is 45.5. The lowest BCUT2D eigenvalue weighted by Crippen LogP contribution is -2.29. The van der Waals surface area contributed by atoms with Crippen molar-refractivity contribution in [2.45, 2.75) is 5.41 Å². The molecule has 0 atom stereocenters. The lowest BCUT2D eigenvalue weighted by Gasteiger charge is -2.36. The van der Waals surface area contributed by atoms with Gasteiger partial charge in [-0.1, -0.05) is 206 Å². The Morgan fingerprint density at radius 2 is 0.623 bits per heavy atom. The van der Waals surface area contributed by atoms with Gasteiger partial charge >= 0.3 is 0 Å². The molecule has 1 heterocycles. The molecule has 0 radical (unpaired) electrons. The number of hydrogen-bond donors (Lipinski definition) is 0. The van der Waals surface area contributed by atoms with Gasteiger partial charge in [0.05, 0.1) is 16.8 Å². The standard InChI is InChI=1S/C67H44N2/c1-3-19-45(20-4-1)46-35-37-48(38-36-46)68(50-40-42-66-60(44-50)54-26-10-8-24-52(54)58-30-14-18-34-65(58)69(66)47-21-5-2-6-22-47)49-39-41-64-59(43-49)53-25-9-7-23-51(53)55-27-11-15-31-61(55)67(64)62-32-16-12-28-56(62)57-29-13-17-33-63(57)67/h1-44H. The Hall–Kier alpha value is -8.98. The third-order valence-electron chi connectivity index (χ3n) is 14.8. The summed E-state index contributed by atoms with van der Waals surface area (Å²) in [6, 6.07) is 99.0. The number of para-hydroxylation sites is 2. The van der Waals surface area contributed by atoms with Gasteiger partial charge in [-0.3, -0.25) is 0 Å². The number of benzene rings is 11. The van der Waals surface area contributed by atoms with Crippen molar-refractivity contribution in [3.63, 3.8) is 0 Å². The maximum atomic E-state index is 2.47. The maximum absolute atomic E-state index is 2.47. The maximum Gasteiger partial charge on any atom is 0.0725 e. The molecule has 0 saturated carbocycles. The minimum atomic E-state index is -0.553. The van der Waals surface area contributed by atoms with E-state index in [1.807, 2.05) is 0 Å². The van der Waals surface area contributed by atoms with Crippen molar-refractivity contribution >= 4 is 34.1 Å². The van der Waals surface area contributed by atoms with Crippen LogP contribution in [0.25, 0.3) is 66.8 Å². The van der Waals surface area contributed by atoms with E-state index in [9.17, 15) is 0 Å². The van der Waals surface area contributed by atoms with E-state index in [-0.39, 0.29) is 0 Å². The van der Waals surface area contributed by atoms with Gasteiger partial charge < -0.3 is 9.80 Å². The molecule has 2 nitrogen and oxygen atoms in total. The topological polar surface area (TPSA) is 6.48 Å². The molecule has 0 bridgehead atoms. The predicted molar refractivity (Wildman–Crippen MR) is 287 cm³/mol. The zero-order valence-electron chi connectivity index (χ0n) is 37.8. The van der Waals surface area contributed by atoms with Crippen molar-refractivity contribution < 1.29 is 0 Å². The molecule has 322 valence electrons. The molecule has 2 aliphatic carbocycles. The number of rotatable bonds is 5. The van der Waals surface area contributed by atoms with Crippen LogP contribution in [0.1, 0.15) is 22.3 Å². The lowest BCUT2D eigenvalue weighted by atomic mass is 9.66. The lowest BCUT2D eigenvalue weighted by molar-refractivity contribution is 0.775. The monoisotopic (exact) mass is 876 g/mol. The van der Waals surface area contributed by atoms with E-state index in [0.717, 1.165) is 34.1 Å². The van der Waals surface area contributed by atoms with Crippen LogP contribution in [0, 0.1) is 0 Å². The van der Waals surface area contributed by atoms with Crippen LogP contribution in [0.15, 0.2) is 267 Å². The van der Waals surface area contributed by atoms with Crippen molar-refractivity contribution in [3.05, 3.63) is 289 Å². The van der Waals surface area contributed by atoms with Crippen molar-refractivity contribution in [1.29, 1.82) is 0 Å². The number of hydrogen-bond acceptors (Lipinski definition) is 2. The van der Waals surface area contributed by atoms with Gasteiger partial charge in [-0.25, -0.2) is 0 Å². The molecule has 1 spiro atoms. The molecule has 2 heteroatoms. The second kappa shape index (κ2) is 15.6. The summed E-state index contributed by atoms with van der Waals surface area (Å²) in [5, 5.41) is 0. The Morgan fingerprint density at radius 3 is 1.23 bits per heavy atom. The highest BCUT2D eigenvalue weighted by Crippen LogP contribution is 2.62. The first-order chi connectivity index (χ1) is 34.3. The first-order valence-electron chi connectivity index (χ1n) is 23.9. The largest absolute Gasteiger partial charge is 0.310 e. The summed E-state index contributed by atoms with van der Waals surface area (Å²) in [6.07, 6.45) is 0. The molecule has 11 aromatic rings. The van der Waals surface area contributed by atoms with Crippen molar-refractivity contribution in [2.75, 3.05) is 9.80 Å². The Balaban J connectivity index is 1.04. The van der Waals surface area contributed by atoms with Crippen molar-refractivity contribution in [2.24, 2.45) is 0 Å². The normalized spacial score (nSPS) is 13.0. The molecule has 69 heavy (non-hydrogen) atoms. The summed E-state index contributed by atoms with van der Waals surface area (Å²) >= 11 is 0. The Bertz CT molecular complexity index is 3750. The smallest absolute Gasteiger partial charge is 0.0725 e. The summed E-state index contributed by atoms with van der Waals surface area (Å²) in [6.45, 7) is 0. The molecule has 0 amide bonds. The number of fused-ring (bicyclic) bond motifs is 17. The third-order valence-corrected chi connectivity index (χ3v) is 14.8. The fourth-order valence-electron chi connectivity index (χ4n) is 12.0. The van der Waals surface area contributed by atoms with E-state index in [0.29, 0.717) is 0 Å². The summed E-state index contributed by atoms with van der Waals surface area (Å²) in [4.78, 5) is 4.90. The Kier molecular flexibility index (Phi) is 8.84. The fraction of sp³-hybridized carbons (Fsp3) is 0.0149. The summed E-state index contributed by atoms with van der Waals surface area (Å²) < 4.78 is 0. The molecule has 0 saturated heterocycles. The molecule has 0 N–H and O–H groups in total. The second-order valence-electron chi connectivity index (χ2n) is 18.3. The van der Waals surface area contributed by atoms with Gasteiger partial charge in [-0.05, 0) is 139 Å². The van der Waals surface area contributed by atoms with Crippen LogP contribution in [0.3, 0.4) is 0 Å². The minimum absolute atomic E-state index is 0.553. The summed E-state index contributed by atoms with van der Waals surface area (Å²) in [5.41, 5.74) is 26.0. The van der Waals surface area contributed by atoms with Crippen LogP contribution in [0.2, 0.25) is 0 Å². The van der Waals surface area contributed by atoms with E-state index in [4.69, 9.17) is 0 Å². The molecule has 0 fully saturated rings. The van der Waals surface area contributed by atoms with Gasteiger partial charge in [0.2, 0.25) is 0 Å². The van der Waals surface area contributed by atoms with E-state index >= 15 is 0 Å². The summed E-state index contributed by atoms with van der Waals surface area (Å²) in [7, 11) is 0. The van der Waals surface area contributed by atoms with Gasteiger partial charge in [0, 0.05) is 33.9 Å². The SMILES string of the molecule is c1ccc(-c2ccc(N(c3ccc4c(c3)-c3ccccc3-c3ccccc3N4c3ccccc3)c3ccc4c(c3)-c3ccccc3-c3ccccc3C43c4ccccc4-c4ccccc43)cc2)cc1. The third kappa shape index (κ3) is 5.86. The van der Waals surface area contributed by atoms with Gasteiger partial charge in [-0.15, -0.1) is 0 Å². The first kappa shape index (κ1) is 39.2. The van der Waals surface area contributed by atoms with Gasteiger partial charge in [0.25, 0.3) is 0 Å². The molecular weight excluding hydrogens is 833 g/mol. The highest BCUT2D eigenvalue weighted by molar-refractivity contribution is 6.04. The number of nitrogens with zero attached hydrogens (tertiary/aromatic N) is 2. The van der Waals surface area contributed by atoms with Crippen LogP contribution in [0.5, 0.6) is 0 Å². The minimum Gasteiger partial charge on any atom is -0.310 e. The van der Waals surface area contributed by atoms with E-state index in [2.05, 4.69) is 277 Å². The van der Waals surface area contributed by atoms with E-state index in [1.165, 1.54) is 89.0 Å². The van der Waals surface area contributed by atoms with Crippen molar-refractivity contribution in [1.82, 2.24) is 0 Å². The summed E-state index contributed by atoms with van der Waals surface area (Å²) in [5.74, 6) is 0. The molecule has 0 aromatic heterocycles. The second-order valence-corrected chi connectivity index (χ2v) is 18.3. The van der Waals surface area contributed by atoms with E-state index < -0.39 is 5.41 Å². The van der Waals surface area contributed by atoms with Gasteiger partial charge in [0.15, 0.2) is 0 Å². The van der Waals surface area contributed by atoms with Crippen LogP contribution in [-0.4, -0.2) is 0 Å². The number of anilines is 6. The van der Waals surface area contributed by atoms with Crippen LogP contribution >= 0.6 is 0 Å². The van der Waals surface area contributed by atoms with Crippen molar-refractivity contribution in [3.8, 4) is 66.8 Å². The van der Waals surface area contributed by atoms with Gasteiger partial charge in [0.1, 0.15) is 0 Å². The molecule has 14 rings (SSSR count). The fourth-order valence-corrected chi connectivity index (χ4v) is 12.0. The highest BCUT2D eigenvalue weighted by Gasteiger charge is 2.49. The average Bonchev–Trinajstić information content (AvgIpc) is 3.59. The van der Waals surface area contributed by atoms with E-state index in [1.54, 1.807) is 0 Å². The zero-order valence-corrected chi connectivity index (χ0v) is 37.8. The average molecular weight is 877 g/mol. The quantitative estimate of drug-likeness (QED) is 0.170. The van der Waals surface area contributed by atoms with Crippen LogP contribution in [-0.2, 0) is 5.41 Å². The molecule has 1 aliphatic heterocycles. The highest BCUT2D eigenvalue weighted by atomic mass is 15.2. The first-order valence-corrected chi connectivity index (χ1v) is 23.9. The predicted octanol–water partition coefficient (Wildman–Crippen LogP) is 18.0. The molecule has 0 unspecified atom stereocenters. The Labute approximate surface area is 403 Å². The van der Waals surface area contributed by atoms with Crippen LogP contribution < -0.4 is 9.80 Å². The van der Waals surface area contributed by atoms with Gasteiger partial charge in [-0.2, -0.15) is 0 Å². The molecule has 11 aromatic carbocycles. The molecule has 3 aliphatic rings. The Morgan fingerprint density at radius 1 is 0.246 bits per heavy atom. The molecular formula is C67H44N2. The van der Waals surface area contributed by atoms with Crippen LogP contribution in [0.4, 0.5) is 34.1 Å².